The summed E-state index contributed by atoms with van der Waals surface area (Å²) in [6, 6.07) is 0. The molecule has 2 aliphatic heterocycles. The zero-order valence-electron chi connectivity index (χ0n) is 15.1. The first-order chi connectivity index (χ1) is 12.2. The fourth-order valence-corrected chi connectivity index (χ4v) is 4.68. The maximum atomic E-state index is 6.13. The molecule has 0 atom stereocenters. The Hall–Kier alpha value is -0.270. The molecule has 1 N–H and O–H groups in total. The summed E-state index contributed by atoms with van der Waals surface area (Å²) in [5, 5.41) is 0. The summed E-state index contributed by atoms with van der Waals surface area (Å²) in [5.41, 5.74) is 1.04. The first-order valence-corrected chi connectivity index (χ1v) is 11.5. The molecular formula is C18H28Br2N2O2S. The highest BCUT2D eigenvalue weighted by Gasteiger charge is 2.34. The molecule has 7 heteroatoms. The van der Waals surface area contributed by atoms with E-state index in [9.17, 15) is 0 Å². The summed E-state index contributed by atoms with van der Waals surface area (Å²) in [6.45, 7) is 5.85. The van der Waals surface area contributed by atoms with E-state index in [-0.39, 0.29) is 0 Å². The Balaban J connectivity index is 2.02. The summed E-state index contributed by atoms with van der Waals surface area (Å²) in [4.78, 5) is 0. The van der Waals surface area contributed by atoms with Crippen molar-refractivity contribution in [2.45, 2.75) is 65.2 Å². The van der Waals surface area contributed by atoms with Crippen LogP contribution in [0.1, 0.15) is 65.2 Å². The van der Waals surface area contributed by atoms with Crippen molar-refractivity contribution in [3.8, 4) is 0 Å². The Morgan fingerprint density at radius 1 is 0.920 bits per heavy atom. The molecule has 25 heavy (non-hydrogen) atoms. The van der Waals surface area contributed by atoms with Gasteiger partial charge in [0.1, 0.15) is 4.61 Å². The number of halogens is 2. The number of hydrogen-bond acceptors (Lipinski definition) is 5. The molecule has 2 rings (SSSR count). The lowest BCUT2D eigenvalue weighted by Crippen LogP contribution is -2.20. The zero-order chi connectivity index (χ0) is 18.1. The summed E-state index contributed by atoms with van der Waals surface area (Å²) in [7, 11) is 0. The van der Waals surface area contributed by atoms with Gasteiger partial charge in [0.25, 0.3) is 0 Å². The molecule has 0 unspecified atom stereocenters. The first-order valence-electron chi connectivity index (χ1n) is 9.19. The van der Waals surface area contributed by atoms with Gasteiger partial charge in [-0.05, 0) is 44.7 Å². The van der Waals surface area contributed by atoms with Gasteiger partial charge in [-0.2, -0.15) is 0 Å². The van der Waals surface area contributed by atoms with Crippen LogP contribution in [0.4, 0.5) is 0 Å². The molecule has 0 saturated carbocycles. The SMILES string of the molecule is CCCCCCOC1=C(Br)C2=CNSN2C(Br)=C1OCCCCCC. The lowest BCUT2D eigenvalue weighted by Gasteiger charge is -2.28. The van der Waals surface area contributed by atoms with Crippen LogP contribution in [-0.2, 0) is 9.47 Å². The molecule has 0 bridgehead atoms. The Bertz CT molecular complexity index is 535. The van der Waals surface area contributed by atoms with Crippen molar-refractivity contribution in [3.05, 3.63) is 32.5 Å². The third-order valence-corrected chi connectivity index (χ3v) is 6.54. The van der Waals surface area contributed by atoms with E-state index in [0.717, 1.165) is 39.1 Å². The third kappa shape index (κ3) is 5.86. The molecule has 0 aromatic rings. The maximum Gasteiger partial charge on any atom is 0.194 e. The highest BCUT2D eigenvalue weighted by Crippen LogP contribution is 2.46. The van der Waals surface area contributed by atoms with E-state index in [1.165, 1.54) is 50.7 Å². The summed E-state index contributed by atoms with van der Waals surface area (Å²) in [6.07, 6.45) is 11.5. The van der Waals surface area contributed by atoms with Gasteiger partial charge in [0.05, 0.1) is 35.5 Å². The largest absolute Gasteiger partial charge is 0.488 e. The van der Waals surface area contributed by atoms with Crippen molar-refractivity contribution in [3.63, 3.8) is 0 Å². The van der Waals surface area contributed by atoms with Crippen molar-refractivity contribution in [1.82, 2.24) is 9.03 Å². The second kappa shape index (κ2) is 11.4. The number of fused-ring (bicyclic) bond motifs is 1. The molecule has 2 aliphatic rings. The molecule has 0 amide bonds. The van der Waals surface area contributed by atoms with Crippen molar-refractivity contribution >= 4 is 44.0 Å². The smallest absolute Gasteiger partial charge is 0.194 e. The van der Waals surface area contributed by atoms with Gasteiger partial charge < -0.3 is 14.2 Å². The van der Waals surface area contributed by atoms with E-state index in [4.69, 9.17) is 9.47 Å². The Morgan fingerprint density at radius 3 is 2.12 bits per heavy atom. The molecule has 0 radical (unpaired) electrons. The second-order valence-electron chi connectivity index (χ2n) is 6.11. The maximum absolute atomic E-state index is 6.13. The summed E-state index contributed by atoms with van der Waals surface area (Å²) < 4.78 is 19.3. The number of nitrogens with one attached hydrogen (secondary N) is 1. The predicted octanol–water partition coefficient (Wildman–Crippen LogP) is 6.67. The van der Waals surface area contributed by atoms with Crippen LogP contribution in [0.25, 0.3) is 0 Å². The molecule has 0 aliphatic carbocycles. The minimum atomic E-state index is 0.707. The van der Waals surface area contributed by atoms with Gasteiger partial charge in [-0.1, -0.05) is 52.4 Å². The normalized spacial score (nSPS) is 16.8. The zero-order valence-corrected chi connectivity index (χ0v) is 19.1. The van der Waals surface area contributed by atoms with Crippen molar-refractivity contribution in [1.29, 1.82) is 0 Å². The van der Waals surface area contributed by atoms with Crippen molar-refractivity contribution in [2.75, 3.05) is 13.2 Å². The third-order valence-electron chi connectivity index (χ3n) is 4.04. The van der Waals surface area contributed by atoms with Crippen LogP contribution in [0.15, 0.2) is 32.5 Å². The lowest BCUT2D eigenvalue weighted by atomic mass is 10.2. The lowest BCUT2D eigenvalue weighted by molar-refractivity contribution is 0.139. The molecule has 142 valence electrons. The van der Waals surface area contributed by atoms with Crippen LogP contribution in [-0.4, -0.2) is 17.5 Å². The van der Waals surface area contributed by atoms with Crippen LogP contribution < -0.4 is 4.72 Å². The average Bonchev–Trinajstić information content (AvgIpc) is 3.10. The fourth-order valence-electron chi connectivity index (χ4n) is 2.60. The number of unbranched alkanes of at least 4 members (excludes halogenated alkanes) is 6. The molecule has 0 spiro atoms. The van der Waals surface area contributed by atoms with E-state index in [1.807, 2.05) is 6.20 Å². The highest BCUT2D eigenvalue weighted by molar-refractivity contribution is 9.12. The average molecular weight is 496 g/mol. The van der Waals surface area contributed by atoms with Gasteiger partial charge in [-0.3, -0.25) is 4.31 Å². The molecule has 0 saturated heterocycles. The quantitative estimate of drug-likeness (QED) is 0.185. The number of nitrogens with zero attached hydrogens (tertiary/aromatic N) is 1. The Morgan fingerprint density at radius 2 is 1.52 bits per heavy atom. The van der Waals surface area contributed by atoms with Gasteiger partial charge in [0.15, 0.2) is 11.5 Å². The number of allylic oxidation sites excluding steroid dienone is 1. The molecular weight excluding hydrogens is 468 g/mol. The standard InChI is InChI=1S/C18H28Br2N2O2S/c1-3-5-7-9-11-23-16-15(19)14-13-21-25-22(14)18(20)17(16)24-12-10-8-6-4-2/h13,21H,3-12H2,1-2H3. The van der Waals surface area contributed by atoms with E-state index in [0.29, 0.717) is 13.2 Å². The number of hydrogen-bond donors (Lipinski definition) is 1. The van der Waals surface area contributed by atoms with Crippen LogP contribution in [0.2, 0.25) is 0 Å². The summed E-state index contributed by atoms with van der Waals surface area (Å²) >= 11 is 8.91. The number of ether oxygens (including phenoxy) is 2. The Labute approximate surface area is 173 Å². The highest BCUT2D eigenvalue weighted by atomic mass is 79.9. The topological polar surface area (TPSA) is 33.7 Å². The van der Waals surface area contributed by atoms with Crippen LogP contribution in [0.5, 0.6) is 0 Å². The Kier molecular flexibility index (Phi) is 9.63. The first kappa shape index (κ1) is 21.0. The molecule has 4 nitrogen and oxygen atoms in total. The molecule has 0 aromatic carbocycles. The van der Waals surface area contributed by atoms with E-state index >= 15 is 0 Å². The predicted molar refractivity (Wildman–Crippen MR) is 113 cm³/mol. The molecule has 2 heterocycles. The van der Waals surface area contributed by atoms with Gasteiger partial charge in [-0.15, -0.1) is 0 Å². The molecule has 0 fully saturated rings. The van der Waals surface area contributed by atoms with E-state index < -0.39 is 0 Å². The minimum Gasteiger partial charge on any atom is -0.488 e. The van der Waals surface area contributed by atoms with Crippen molar-refractivity contribution < 1.29 is 9.47 Å². The van der Waals surface area contributed by atoms with Gasteiger partial charge in [0.2, 0.25) is 0 Å². The monoisotopic (exact) mass is 494 g/mol. The van der Waals surface area contributed by atoms with E-state index in [2.05, 4.69) is 54.7 Å². The van der Waals surface area contributed by atoms with E-state index in [1.54, 1.807) is 0 Å². The van der Waals surface area contributed by atoms with Crippen molar-refractivity contribution in [2.24, 2.45) is 0 Å². The van der Waals surface area contributed by atoms with Gasteiger partial charge in [0, 0.05) is 6.20 Å². The molecule has 0 aromatic heterocycles. The number of rotatable bonds is 12. The fraction of sp³-hybridized carbons (Fsp3) is 0.667. The van der Waals surface area contributed by atoms with Crippen LogP contribution in [0, 0.1) is 0 Å². The van der Waals surface area contributed by atoms with Crippen LogP contribution >= 0.6 is 44.0 Å². The minimum absolute atomic E-state index is 0.707. The van der Waals surface area contributed by atoms with Gasteiger partial charge >= 0.3 is 0 Å². The second-order valence-corrected chi connectivity index (χ2v) is 8.44. The van der Waals surface area contributed by atoms with Gasteiger partial charge in [-0.25, -0.2) is 0 Å². The summed E-state index contributed by atoms with van der Waals surface area (Å²) in [5.74, 6) is 1.58. The van der Waals surface area contributed by atoms with Crippen LogP contribution in [0.3, 0.4) is 0 Å².